The smallest absolute Gasteiger partial charge is 0.261 e. The van der Waals surface area contributed by atoms with Crippen LogP contribution in [0.3, 0.4) is 0 Å². The van der Waals surface area contributed by atoms with Crippen LogP contribution in [0.15, 0.2) is 47.4 Å². The van der Waals surface area contributed by atoms with Gasteiger partial charge in [0.25, 0.3) is 10.0 Å². The molecule has 0 fully saturated rings. The summed E-state index contributed by atoms with van der Waals surface area (Å²) in [6.45, 7) is 7.27. The maximum absolute atomic E-state index is 12.6. The van der Waals surface area contributed by atoms with Crippen molar-refractivity contribution in [2.45, 2.75) is 25.2 Å². The lowest BCUT2D eigenvalue weighted by Gasteiger charge is -2.17. The monoisotopic (exact) mass is 420 g/mol. The summed E-state index contributed by atoms with van der Waals surface area (Å²) in [5.41, 5.74) is 2.23. The number of likely N-dealkylation sites (N-methyl/N-ethyl adjacent to an activating group) is 1. The van der Waals surface area contributed by atoms with Crippen LogP contribution >= 0.6 is 11.6 Å². The third kappa shape index (κ3) is 4.48. The van der Waals surface area contributed by atoms with Crippen LogP contribution in [0.5, 0.6) is 0 Å². The summed E-state index contributed by atoms with van der Waals surface area (Å²) in [4.78, 5) is 7.23. The molecule has 3 aromatic rings. The molecule has 1 aromatic heterocycles. The second-order valence-electron chi connectivity index (χ2n) is 6.63. The molecule has 0 radical (unpaired) electrons. The van der Waals surface area contributed by atoms with E-state index in [1.807, 2.05) is 13.1 Å². The predicted octanol–water partition coefficient (Wildman–Crippen LogP) is 3.91. The molecule has 2 aromatic carbocycles. The highest BCUT2D eigenvalue weighted by Crippen LogP contribution is 2.23. The highest BCUT2D eigenvalue weighted by atomic mass is 35.5. The van der Waals surface area contributed by atoms with Gasteiger partial charge in [-0.3, -0.25) is 4.72 Å². The number of aryl methyl sites for hydroxylation is 1. The number of aromatic nitrogens is 2. The average molecular weight is 421 g/mol. The quantitative estimate of drug-likeness (QED) is 0.599. The Balaban J connectivity index is 1.83. The van der Waals surface area contributed by atoms with Gasteiger partial charge in [-0.1, -0.05) is 25.4 Å². The number of benzene rings is 2. The average Bonchev–Trinajstić information content (AvgIpc) is 2.98. The van der Waals surface area contributed by atoms with E-state index >= 15 is 0 Å². The zero-order valence-electron chi connectivity index (χ0n) is 16.3. The molecule has 0 aliphatic carbocycles. The molecule has 28 heavy (non-hydrogen) atoms. The van der Waals surface area contributed by atoms with Crippen LogP contribution in [0.1, 0.15) is 19.7 Å². The molecular formula is C20H25ClN4O2S. The Hall–Kier alpha value is -2.09. The third-order valence-electron chi connectivity index (χ3n) is 4.90. The number of hydrogen-bond donors (Lipinski definition) is 1. The molecule has 0 saturated heterocycles. The SMILES string of the molecule is CCN(CC)CCc1nc2cc(NS(=O)(=O)c3ccc(Cl)cc3)ccc2n1C. The first-order valence-electron chi connectivity index (χ1n) is 9.30. The molecule has 6 nitrogen and oxygen atoms in total. The van der Waals surface area contributed by atoms with Crippen molar-refractivity contribution in [2.24, 2.45) is 7.05 Å². The fourth-order valence-electron chi connectivity index (χ4n) is 3.16. The number of rotatable bonds is 8. The first kappa shape index (κ1) is 20.6. The van der Waals surface area contributed by atoms with Crippen LogP contribution in [0.2, 0.25) is 5.02 Å². The zero-order chi connectivity index (χ0) is 20.3. The van der Waals surface area contributed by atoms with Crippen LogP contribution in [0.4, 0.5) is 5.69 Å². The lowest BCUT2D eigenvalue weighted by Crippen LogP contribution is -2.26. The summed E-state index contributed by atoms with van der Waals surface area (Å²) in [6.07, 6.45) is 0.846. The van der Waals surface area contributed by atoms with Gasteiger partial charge in [0, 0.05) is 25.0 Å². The normalized spacial score (nSPS) is 12.0. The molecule has 0 aliphatic rings. The van der Waals surface area contributed by atoms with Gasteiger partial charge in [-0.2, -0.15) is 0 Å². The molecule has 1 N–H and O–H groups in total. The number of imidazole rings is 1. The number of nitrogens with one attached hydrogen (secondary N) is 1. The van der Waals surface area contributed by atoms with Gasteiger partial charge in [0.05, 0.1) is 21.6 Å². The largest absolute Gasteiger partial charge is 0.331 e. The Bertz CT molecular complexity index is 1060. The van der Waals surface area contributed by atoms with Crippen molar-refractivity contribution in [3.8, 4) is 0 Å². The van der Waals surface area contributed by atoms with Crippen molar-refractivity contribution >= 4 is 38.3 Å². The fourth-order valence-corrected chi connectivity index (χ4v) is 4.34. The van der Waals surface area contributed by atoms with Crippen molar-refractivity contribution in [1.29, 1.82) is 0 Å². The second kappa shape index (κ2) is 8.51. The van der Waals surface area contributed by atoms with E-state index in [4.69, 9.17) is 16.6 Å². The molecule has 0 aliphatic heterocycles. The molecule has 0 unspecified atom stereocenters. The van der Waals surface area contributed by atoms with Gasteiger partial charge in [0.15, 0.2) is 0 Å². The van der Waals surface area contributed by atoms with Crippen LogP contribution in [0.25, 0.3) is 11.0 Å². The molecule has 0 saturated carbocycles. The Morgan fingerprint density at radius 1 is 1.11 bits per heavy atom. The Morgan fingerprint density at radius 3 is 2.43 bits per heavy atom. The maximum atomic E-state index is 12.6. The van der Waals surface area contributed by atoms with Gasteiger partial charge in [-0.25, -0.2) is 13.4 Å². The van der Waals surface area contributed by atoms with Gasteiger partial charge < -0.3 is 9.47 Å². The third-order valence-corrected chi connectivity index (χ3v) is 6.54. The summed E-state index contributed by atoms with van der Waals surface area (Å²) >= 11 is 5.84. The van der Waals surface area contributed by atoms with Crippen molar-refractivity contribution in [1.82, 2.24) is 14.5 Å². The van der Waals surface area contributed by atoms with E-state index < -0.39 is 10.0 Å². The van der Waals surface area contributed by atoms with Crippen LogP contribution < -0.4 is 4.72 Å². The summed E-state index contributed by atoms with van der Waals surface area (Å²) in [7, 11) is -1.69. The molecule has 0 bridgehead atoms. The molecule has 0 amide bonds. The summed E-state index contributed by atoms with van der Waals surface area (Å²) in [5, 5.41) is 0.492. The van der Waals surface area contributed by atoms with E-state index in [2.05, 4.69) is 28.0 Å². The van der Waals surface area contributed by atoms with Crippen molar-refractivity contribution in [3.05, 3.63) is 53.3 Å². The lowest BCUT2D eigenvalue weighted by atomic mass is 10.3. The molecule has 8 heteroatoms. The van der Waals surface area contributed by atoms with E-state index in [1.165, 1.54) is 12.1 Å². The van der Waals surface area contributed by atoms with E-state index in [9.17, 15) is 8.42 Å². The van der Waals surface area contributed by atoms with Crippen LogP contribution in [-0.4, -0.2) is 42.5 Å². The number of halogens is 1. The number of fused-ring (bicyclic) bond motifs is 1. The fraction of sp³-hybridized carbons (Fsp3) is 0.350. The van der Waals surface area contributed by atoms with E-state index in [0.717, 1.165) is 42.9 Å². The Labute approximate surface area is 171 Å². The zero-order valence-corrected chi connectivity index (χ0v) is 17.9. The van der Waals surface area contributed by atoms with Crippen LogP contribution in [-0.2, 0) is 23.5 Å². The summed E-state index contributed by atoms with van der Waals surface area (Å²) in [5.74, 6) is 0.986. The molecule has 1 heterocycles. The van der Waals surface area contributed by atoms with Gasteiger partial charge in [-0.15, -0.1) is 0 Å². The highest BCUT2D eigenvalue weighted by molar-refractivity contribution is 7.92. The van der Waals surface area contributed by atoms with Gasteiger partial charge in [0.2, 0.25) is 0 Å². The number of anilines is 1. The standard InChI is InChI=1S/C20H25ClN4O2S/c1-4-25(5-2)13-12-20-22-18-14-16(8-11-19(18)24(20)3)23-28(26,27)17-9-6-15(21)7-10-17/h6-11,14,23H,4-5,12-13H2,1-3H3. The topological polar surface area (TPSA) is 67.2 Å². The minimum absolute atomic E-state index is 0.165. The molecule has 0 atom stereocenters. The van der Waals surface area contributed by atoms with E-state index in [-0.39, 0.29) is 4.90 Å². The van der Waals surface area contributed by atoms with Crippen molar-refractivity contribution < 1.29 is 8.42 Å². The van der Waals surface area contributed by atoms with Crippen molar-refractivity contribution in [2.75, 3.05) is 24.4 Å². The maximum Gasteiger partial charge on any atom is 0.261 e. The predicted molar refractivity (Wildman–Crippen MR) is 114 cm³/mol. The Morgan fingerprint density at radius 2 is 1.79 bits per heavy atom. The summed E-state index contributed by atoms with van der Waals surface area (Å²) in [6, 6.07) is 11.5. The lowest BCUT2D eigenvalue weighted by molar-refractivity contribution is 0.305. The van der Waals surface area contributed by atoms with Crippen LogP contribution in [0, 0.1) is 0 Å². The van der Waals surface area contributed by atoms with Gasteiger partial charge in [0.1, 0.15) is 5.82 Å². The molecule has 0 spiro atoms. The highest BCUT2D eigenvalue weighted by Gasteiger charge is 2.15. The van der Waals surface area contributed by atoms with Crippen molar-refractivity contribution in [3.63, 3.8) is 0 Å². The minimum atomic E-state index is -3.68. The molecule has 3 rings (SSSR count). The number of sulfonamides is 1. The first-order chi connectivity index (χ1) is 13.3. The molecule has 150 valence electrons. The second-order valence-corrected chi connectivity index (χ2v) is 8.75. The molecular weight excluding hydrogens is 396 g/mol. The van der Waals surface area contributed by atoms with E-state index in [1.54, 1.807) is 24.3 Å². The van der Waals surface area contributed by atoms with Gasteiger partial charge in [-0.05, 0) is 55.6 Å². The number of hydrogen-bond acceptors (Lipinski definition) is 4. The van der Waals surface area contributed by atoms with E-state index in [0.29, 0.717) is 10.7 Å². The Kier molecular flexibility index (Phi) is 6.27. The summed E-state index contributed by atoms with van der Waals surface area (Å²) < 4.78 is 29.8. The van der Waals surface area contributed by atoms with Gasteiger partial charge >= 0.3 is 0 Å². The minimum Gasteiger partial charge on any atom is -0.331 e. The first-order valence-corrected chi connectivity index (χ1v) is 11.2. The number of nitrogens with zero attached hydrogens (tertiary/aromatic N) is 3.